The second-order valence-corrected chi connectivity index (χ2v) is 0.707. The van der Waals surface area contributed by atoms with Gasteiger partial charge in [0.2, 0.25) is 0 Å². The average molecular weight is 288 g/mol. The Morgan fingerprint density at radius 2 is 0.727 bits per heavy atom. The van der Waals surface area contributed by atoms with Gasteiger partial charge in [-0.1, -0.05) is 35.1 Å². The molecule has 0 bridgehead atoms. The van der Waals surface area contributed by atoms with Crippen molar-refractivity contribution in [2.24, 2.45) is 0 Å². The summed E-state index contributed by atoms with van der Waals surface area (Å²) in [5, 5.41) is 0. The van der Waals surface area contributed by atoms with Crippen molar-refractivity contribution in [1.29, 1.82) is 0 Å². The van der Waals surface area contributed by atoms with E-state index in [1.807, 2.05) is 0 Å². The van der Waals surface area contributed by atoms with Crippen molar-refractivity contribution >= 4 is 0 Å². The molecule has 0 atom stereocenters. The second-order valence-electron chi connectivity index (χ2n) is 0.707. The molecule has 0 unspecified atom stereocenters. The second kappa shape index (κ2) is 165. The molecule has 0 nitrogen and oxygen atoms in total. The van der Waals surface area contributed by atoms with Gasteiger partial charge in [-0.2, -0.15) is 0 Å². The monoisotopic (exact) mass is 285 g/mol. The van der Waals surface area contributed by atoms with E-state index in [1.165, 1.54) is 6.42 Å². The van der Waals surface area contributed by atoms with Crippen molar-refractivity contribution in [3.8, 4) is 0 Å². The normalized spacial score (nSPS) is 1.64. The summed E-state index contributed by atoms with van der Waals surface area (Å²) in [5.41, 5.74) is 0. The van der Waals surface area contributed by atoms with E-state index in [9.17, 15) is 0 Å². The van der Waals surface area contributed by atoms with Gasteiger partial charge in [-0.3, -0.25) is 0 Å². The predicted octanol–water partition coefficient (Wildman–Crippen LogP) is 1.49. The van der Waals surface area contributed by atoms with Gasteiger partial charge in [-0.05, 0) is 0 Å². The molecule has 0 fully saturated rings. The first kappa shape index (κ1) is 119. The SMILES string of the molecule is C.C.CCC.[CH3-].[CH3-].[CH3-].[CH3-].[Li+].[Nd]. The van der Waals surface area contributed by atoms with Crippen molar-refractivity contribution in [3.63, 3.8) is 0 Å². The van der Waals surface area contributed by atoms with E-state index in [0.29, 0.717) is 0 Å². The maximum absolute atomic E-state index is 2.12. The summed E-state index contributed by atoms with van der Waals surface area (Å²) in [4.78, 5) is 0. The van der Waals surface area contributed by atoms with Crippen molar-refractivity contribution < 1.29 is 59.7 Å². The molecular weight excluding hydrogens is 259 g/mol. The van der Waals surface area contributed by atoms with Crippen LogP contribution in [0.2, 0.25) is 0 Å². The first-order valence-corrected chi connectivity index (χ1v) is 1.41. The molecular formula is C9H28LiNd-3. The zero-order valence-electron chi connectivity index (χ0n) is 8.21. The Labute approximate surface area is 123 Å². The minimum Gasteiger partial charge on any atom is -0.358 e. The summed E-state index contributed by atoms with van der Waals surface area (Å²) in [7, 11) is 0. The first-order chi connectivity index (χ1) is 1.41. The molecule has 0 aromatic rings. The summed E-state index contributed by atoms with van der Waals surface area (Å²) in [5.74, 6) is 0. The van der Waals surface area contributed by atoms with Gasteiger partial charge >= 0.3 is 18.9 Å². The van der Waals surface area contributed by atoms with Crippen LogP contribution in [0, 0.1) is 70.5 Å². The Morgan fingerprint density at radius 1 is 0.727 bits per heavy atom. The fourth-order valence-electron chi connectivity index (χ4n) is 0. The van der Waals surface area contributed by atoms with Gasteiger partial charge < -0.3 is 29.7 Å². The molecule has 11 heavy (non-hydrogen) atoms. The molecule has 0 amide bonds. The van der Waals surface area contributed by atoms with E-state index in [0.717, 1.165) is 0 Å². The number of rotatable bonds is 0. The third-order valence-electron chi connectivity index (χ3n) is 0. The molecule has 0 rings (SSSR count). The van der Waals surface area contributed by atoms with Gasteiger partial charge in [0, 0.05) is 40.8 Å². The van der Waals surface area contributed by atoms with Crippen molar-refractivity contribution in [1.82, 2.24) is 0 Å². The Bertz CT molecular complexity index is 9.52. The Kier molecular flexibility index (Phi) is 1780. The van der Waals surface area contributed by atoms with Crippen LogP contribution in [0.4, 0.5) is 0 Å². The molecule has 0 saturated heterocycles. The van der Waals surface area contributed by atoms with Crippen LogP contribution in [0.15, 0.2) is 0 Å². The summed E-state index contributed by atoms with van der Waals surface area (Å²) < 4.78 is 0. The quantitative estimate of drug-likeness (QED) is 0.468. The Balaban J connectivity index is -0.000000000714. The zero-order valence-corrected chi connectivity index (χ0v) is 11.4. The minimum absolute atomic E-state index is 0. The predicted molar refractivity (Wildman–Crippen MR) is 55.1 cm³/mol. The molecule has 0 aliphatic carbocycles. The van der Waals surface area contributed by atoms with Crippen LogP contribution in [-0.2, 0) is 0 Å². The minimum atomic E-state index is 0. The van der Waals surface area contributed by atoms with E-state index in [-0.39, 0.29) is 104 Å². The molecule has 72 valence electrons. The van der Waals surface area contributed by atoms with Gasteiger partial charge in [0.05, 0.1) is 0 Å². The van der Waals surface area contributed by atoms with Crippen molar-refractivity contribution in [2.75, 3.05) is 0 Å². The summed E-state index contributed by atoms with van der Waals surface area (Å²) in [6, 6.07) is 0. The number of hydrogen-bond acceptors (Lipinski definition) is 0. The van der Waals surface area contributed by atoms with Crippen LogP contribution >= 0.6 is 0 Å². The van der Waals surface area contributed by atoms with E-state index in [1.54, 1.807) is 0 Å². The molecule has 0 radical (unpaired) electrons. The van der Waals surface area contributed by atoms with E-state index in [4.69, 9.17) is 0 Å². The van der Waals surface area contributed by atoms with Gasteiger partial charge in [0.1, 0.15) is 0 Å². The largest absolute Gasteiger partial charge is 1.00 e. The Morgan fingerprint density at radius 3 is 0.727 bits per heavy atom. The van der Waals surface area contributed by atoms with Gasteiger partial charge in [-0.15, -0.1) is 0 Å². The van der Waals surface area contributed by atoms with Crippen LogP contribution in [0.5, 0.6) is 0 Å². The third kappa shape index (κ3) is 312. The zero-order chi connectivity index (χ0) is 2.71. The average Bonchev–Trinajstić information content (AvgIpc) is 0.918. The molecule has 0 saturated carbocycles. The maximum Gasteiger partial charge on any atom is 1.00 e. The smallest absolute Gasteiger partial charge is 0.358 e. The van der Waals surface area contributed by atoms with E-state index < -0.39 is 0 Å². The van der Waals surface area contributed by atoms with Gasteiger partial charge in [0.15, 0.2) is 0 Å². The molecule has 0 aliphatic heterocycles. The van der Waals surface area contributed by atoms with Crippen LogP contribution < -0.4 is 18.9 Å². The topological polar surface area (TPSA) is 0 Å². The molecule has 0 N–H and O–H groups in total. The van der Waals surface area contributed by atoms with Gasteiger partial charge in [-0.25, -0.2) is 0 Å². The number of hydrogen-bond donors (Lipinski definition) is 0. The summed E-state index contributed by atoms with van der Waals surface area (Å²) in [6.45, 7) is 4.25. The van der Waals surface area contributed by atoms with Crippen LogP contribution in [-0.4, -0.2) is 0 Å². The van der Waals surface area contributed by atoms with Crippen LogP contribution in [0.3, 0.4) is 0 Å². The molecule has 0 aromatic carbocycles. The Hall–Kier alpha value is 1.95. The molecule has 0 heterocycles. The molecule has 0 spiro atoms. The van der Waals surface area contributed by atoms with Crippen molar-refractivity contribution in [3.05, 3.63) is 29.7 Å². The standard InChI is InChI=1S/C3H8.2CH4.4CH3.Li.Nd/c1-3-2;;;;;;;;/h3H2,1-2H3;2*1H4;4*1H3;;/q;;;4*-1;+1;. The van der Waals surface area contributed by atoms with E-state index >= 15 is 0 Å². The van der Waals surface area contributed by atoms with Gasteiger partial charge in [0.25, 0.3) is 0 Å². The van der Waals surface area contributed by atoms with Crippen LogP contribution in [0.25, 0.3) is 0 Å². The van der Waals surface area contributed by atoms with E-state index in [2.05, 4.69) is 13.8 Å². The summed E-state index contributed by atoms with van der Waals surface area (Å²) in [6.07, 6.45) is 1.25. The van der Waals surface area contributed by atoms with Crippen molar-refractivity contribution in [2.45, 2.75) is 35.1 Å². The fraction of sp³-hybridized carbons (Fsp3) is 0.556. The third-order valence-corrected chi connectivity index (χ3v) is 0. The van der Waals surface area contributed by atoms with Crippen LogP contribution in [0.1, 0.15) is 35.1 Å². The molecule has 0 aliphatic rings. The summed E-state index contributed by atoms with van der Waals surface area (Å²) >= 11 is 0. The molecule has 2 heteroatoms. The fourth-order valence-corrected chi connectivity index (χ4v) is 0. The first-order valence-electron chi connectivity index (χ1n) is 1.41. The molecule has 0 aromatic heterocycles. The maximum atomic E-state index is 2.12.